The number of esters is 2. The number of hydrogen-bond donors (Lipinski definition) is 2. The molecule has 8 nitrogen and oxygen atoms in total. The number of para-hydroxylation sites is 1. The molecule has 0 fully saturated rings. The molecule has 2 atom stereocenters. The third-order valence-electron chi connectivity index (χ3n) is 5.23. The van der Waals surface area contributed by atoms with Gasteiger partial charge in [-0.25, -0.2) is 14.4 Å². The van der Waals surface area contributed by atoms with E-state index < -0.39 is 70.6 Å². The molecule has 41 heavy (non-hydrogen) atoms. The highest BCUT2D eigenvalue weighted by Gasteiger charge is 2.42. The summed E-state index contributed by atoms with van der Waals surface area (Å²) >= 11 is 1.81. The summed E-state index contributed by atoms with van der Waals surface area (Å²) in [4.78, 5) is 50.6. The lowest BCUT2D eigenvalue weighted by Gasteiger charge is -2.24. The Morgan fingerprint density at radius 3 is 1.61 bits per heavy atom. The van der Waals surface area contributed by atoms with E-state index in [1.54, 1.807) is 12.1 Å². The third kappa shape index (κ3) is 8.18. The molecular formula is C26H16F6INO7. The van der Waals surface area contributed by atoms with E-state index in [2.05, 4.69) is 5.32 Å². The molecule has 0 unspecified atom stereocenters. The molecule has 3 aromatic carbocycles. The fourth-order valence-corrected chi connectivity index (χ4v) is 3.79. The monoisotopic (exact) mass is 695 g/mol. The molecule has 15 heteroatoms. The van der Waals surface area contributed by atoms with E-state index in [1.165, 1.54) is 12.1 Å². The van der Waals surface area contributed by atoms with Gasteiger partial charge in [0, 0.05) is 3.57 Å². The van der Waals surface area contributed by atoms with Crippen molar-refractivity contribution in [1.29, 1.82) is 0 Å². The average molecular weight is 695 g/mol. The molecule has 0 aliphatic carbocycles. The summed E-state index contributed by atoms with van der Waals surface area (Å²) in [5.74, 6) is -6.62. The molecule has 0 saturated carbocycles. The van der Waals surface area contributed by atoms with Crippen LogP contribution in [0.25, 0.3) is 0 Å². The number of carbonyl (C=O) groups is 4. The highest BCUT2D eigenvalue weighted by atomic mass is 127. The van der Waals surface area contributed by atoms with E-state index in [0.29, 0.717) is 27.8 Å². The van der Waals surface area contributed by atoms with Gasteiger partial charge >= 0.3 is 30.3 Å². The van der Waals surface area contributed by atoms with Crippen LogP contribution in [0, 0.1) is 3.57 Å². The summed E-state index contributed by atoms with van der Waals surface area (Å²) < 4.78 is 88.8. The number of alkyl halides is 6. The second kappa shape index (κ2) is 12.6. The predicted molar refractivity (Wildman–Crippen MR) is 137 cm³/mol. The van der Waals surface area contributed by atoms with Crippen LogP contribution in [0.5, 0.6) is 0 Å². The number of hydrogen-bond acceptors (Lipinski definition) is 6. The molecule has 3 aromatic rings. The standard InChI is InChI=1S/C26H16F6INO7/c27-25(28,29)15-7-3-5-13(11-15)23(38)40-19(21(35)34-18-10-2-1-9-17(18)33)20(22(36)37)41-24(39)14-6-4-8-16(12-14)26(30,31)32/h1-12,19-20H,(H,34,35)(H,36,37)/t19-,20-/m1/s1. The smallest absolute Gasteiger partial charge is 0.416 e. The molecule has 2 N–H and O–H groups in total. The first kappa shape index (κ1) is 31.4. The number of amides is 1. The van der Waals surface area contributed by atoms with Crippen molar-refractivity contribution >= 4 is 52.1 Å². The van der Waals surface area contributed by atoms with Crippen LogP contribution in [0.2, 0.25) is 0 Å². The van der Waals surface area contributed by atoms with Gasteiger partial charge in [-0.1, -0.05) is 24.3 Å². The number of nitrogens with one attached hydrogen (secondary N) is 1. The van der Waals surface area contributed by atoms with E-state index in [4.69, 9.17) is 9.47 Å². The molecule has 0 bridgehead atoms. The maximum atomic E-state index is 13.1. The molecule has 1 amide bonds. The first-order chi connectivity index (χ1) is 19.1. The summed E-state index contributed by atoms with van der Waals surface area (Å²) in [6.07, 6.45) is -14.9. The fraction of sp³-hybridized carbons (Fsp3) is 0.154. The van der Waals surface area contributed by atoms with Gasteiger partial charge in [-0.05, 0) is 71.1 Å². The van der Waals surface area contributed by atoms with E-state index in [0.717, 1.165) is 24.3 Å². The quantitative estimate of drug-likeness (QED) is 0.174. The minimum Gasteiger partial charge on any atom is -0.478 e. The van der Waals surface area contributed by atoms with Crippen LogP contribution in [0.3, 0.4) is 0 Å². The van der Waals surface area contributed by atoms with Crippen LogP contribution >= 0.6 is 22.6 Å². The van der Waals surface area contributed by atoms with E-state index in [9.17, 15) is 50.6 Å². The first-order valence-corrected chi connectivity index (χ1v) is 12.2. The Labute approximate surface area is 240 Å². The number of anilines is 1. The summed E-state index contributed by atoms with van der Waals surface area (Å²) in [7, 11) is 0. The Kier molecular flexibility index (Phi) is 9.62. The lowest BCUT2D eigenvalue weighted by Crippen LogP contribution is -2.48. The lowest BCUT2D eigenvalue weighted by molar-refractivity contribution is -0.157. The van der Waals surface area contributed by atoms with Gasteiger partial charge in [0.05, 0.1) is 27.9 Å². The number of carboxylic acid groups (broad SMARTS) is 1. The molecule has 0 aliphatic rings. The third-order valence-corrected chi connectivity index (χ3v) is 6.17. The van der Waals surface area contributed by atoms with Gasteiger partial charge in [-0.15, -0.1) is 0 Å². The topological polar surface area (TPSA) is 119 Å². The first-order valence-electron chi connectivity index (χ1n) is 11.1. The molecule has 0 aromatic heterocycles. The van der Waals surface area contributed by atoms with Crippen LogP contribution in [0.4, 0.5) is 32.0 Å². The van der Waals surface area contributed by atoms with Crippen LogP contribution in [0.15, 0.2) is 72.8 Å². The number of ether oxygens (including phenoxy) is 2. The molecule has 0 spiro atoms. The van der Waals surface area contributed by atoms with Gasteiger partial charge in [0.2, 0.25) is 12.2 Å². The maximum Gasteiger partial charge on any atom is 0.416 e. The van der Waals surface area contributed by atoms with Gasteiger partial charge in [0.1, 0.15) is 0 Å². The lowest BCUT2D eigenvalue weighted by atomic mass is 10.1. The predicted octanol–water partition coefficient (Wildman–Crippen LogP) is 5.80. The minimum absolute atomic E-state index is 0.103. The van der Waals surface area contributed by atoms with Gasteiger partial charge < -0.3 is 19.9 Å². The molecule has 0 radical (unpaired) electrons. The second-order valence-electron chi connectivity index (χ2n) is 8.12. The molecule has 0 saturated heterocycles. The van der Waals surface area contributed by atoms with Crippen molar-refractivity contribution in [2.45, 2.75) is 24.6 Å². The largest absolute Gasteiger partial charge is 0.478 e. The van der Waals surface area contributed by atoms with Gasteiger partial charge in [0.15, 0.2) is 0 Å². The van der Waals surface area contributed by atoms with Crippen LogP contribution < -0.4 is 5.32 Å². The Morgan fingerprint density at radius 1 is 0.707 bits per heavy atom. The molecular weight excluding hydrogens is 679 g/mol. The Bertz CT molecular complexity index is 1470. The minimum atomic E-state index is -4.86. The molecule has 0 aliphatic heterocycles. The van der Waals surface area contributed by atoms with Gasteiger partial charge in [-0.2, -0.15) is 26.3 Å². The van der Waals surface area contributed by atoms with Crippen LogP contribution in [0.1, 0.15) is 31.8 Å². The Hall–Kier alpha value is -4.15. The number of carboxylic acids is 1. The van der Waals surface area contributed by atoms with Crippen molar-refractivity contribution in [3.05, 3.63) is 98.6 Å². The molecule has 216 valence electrons. The van der Waals surface area contributed by atoms with E-state index >= 15 is 0 Å². The Balaban J connectivity index is 1.98. The fourth-order valence-electron chi connectivity index (χ4n) is 3.27. The van der Waals surface area contributed by atoms with Crippen molar-refractivity contribution in [2.75, 3.05) is 5.32 Å². The zero-order chi connectivity index (χ0) is 30.5. The number of halogens is 7. The maximum absolute atomic E-state index is 13.1. The summed E-state index contributed by atoms with van der Waals surface area (Å²) in [5, 5.41) is 12.0. The van der Waals surface area contributed by atoms with Crippen molar-refractivity contribution in [1.82, 2.24) is 0 Å². The zero-order valence-electron chi connectivity index (χ0n) is 20.1. The SMILES string of the molecule is O=C(O[C@@H](C(=O)O)[C@@H](OC(=O)c1cccc(C(F)(F)F)c1)C(=O)Nc1ccccc1I)c1cccc(C(F)(F)F)c1. The van der Waals surface area contributed by atoms with Crippen LogP contribution in [-0.4, -0.2) is 41.1 Å². The summed E-state index contributed by atoms with van der Waals surface area (Å²) in [5.41, 5.74) is -3.88. The van der Waals surface area contributed by atoms with Crippen LogP contribution in [-0.2, 0) is 31.4 Å². The van der Waals surface area contributed by atoms with Gasteiger partial charge in [0.25, 0.3) is 5.91 Å². The normalized spacial score (nSPS) is 13.0. The van der Waals surface area contributed by atoms with E-state index in [1.807, 2.05) is 22.6 Å². The summed E-state index contributed by atoms with van der Waals surface area (Å²) in [6, 6.07) is 11.6. The summed E-state index contributed by atoms with van der Waals surface area (Å²) in [6.45, 7) is 0. The van der Waals surface area contributed by atoms with Crippen molar-refractivity contribution in [2.24, 2.45) is 0 Å². The average Bonchev–Trinajstić information content (AvgIpc) is 2.90. The van der Waals surface area contributed by atoms with E-state index in [-0.39, 0.29) is 5.69 Å². The molecule has 3 rings (SSSR count). The zero-order valence-corrected chi connectivity index (χ0v) is 22.3. The van der Waals surface area contributed by atoms with Gasteiger partial charge in [-0.3, -0.25) is 4.79 Å². The highest BCUT2D eigenvalue weighted by Crippen LogP contribution is 2.31. The number of aliphatic carboxylic acids is 1. The molecule has 0 heterocycles. The number of carbonyl (C=O) groups excluding carboxylic acids is 3. The second-order valence-corrected chi connectivity index (χ2v) is 9.28. The number of benzene rings is 3. The highest BCUT2D eigenvalue weighted by molar-refractivity contribution is 14.1. The van der Waals surface area contributed by atoms with Crippen molar-refractivity contribution < 1.29 is 60.1 Å². The number of rotatable bonds is 8. The van der Waals surface area contributed by atoms with Crippen molar-refractivity contribution in [3.63, 3.8) is 0 Å². The Morgan fingerprint density at radius 2 is 1.17 bits per heavy atom. The van der Waals surface area contributed by atoms with Crippen molar-refractivity contribution in [3.8, 4) is 0 Å².